The van der Waals surface area contributed by atoms with Crippen molar-refractivity contribution >= 4 is 0 Å². The third-order valence-electron chi connectivity index (χ3n) is 6.79. The molecule has 0 aromatic heterocycles. The summed E-state index contributed by atoms with van der Waals surface area (Å²) in [6.45, 7) is 21.5. The first-order valence-corrected chi connectivity index (χ1v) is 12.8. The lowest BCUT2D eigenvalue weighted by atomic mass is 9.76. The summed E-state index contributed by atoms with van der Waals surface area (Å²) in [5.41, 5.74) is 7.27. The minimum absolute atomic E-state index is 0.264. The molecule has 0 radical (unpaired) electrons. The Morgan fingerprint density at radius 3 is 2.47 bits per heavy atom. The van der Waals surface area contributed by atoms with E-state index >= 15 is 4.39 Å². The third-order valence-corrected chi connectivity index (χ3v) is 6.79. The molecule has 0 heterocycles. The van der Waals surface area contributed by atoms with E-state index in [0.717, 1.165) is 38.5 Å². The highest BCUT2D eigenvalue weighted by atomic mass is 19.1. The highest BCUT2D eigenvalue weighted by Crippen LogP contribution is 2.39. The maximum Gasteiger partial charge on any atom is 0.108 e. The third kappa shape index (κ3) is 8.72. The van der Waals surface area contributed by atoms with Gasteiger partial charge >= 0.3 is 0 Å². The molecule has 1 rings (SSSR count). The average Bonchev–Trinajstić information content (AvgIpc) is 2.71. The Kier molecular flexibility index (Phi) is 12.3. The van der Waals surface area contributed by atoms with Gasteiger partial charge in [0.15, 0.2) is 0 Å². The first kappa shape index (κ1) is 28.4. The summed E-state index contributed by atoms with van der Waals surface area (Å²) in [7, 11) is 0. The van der Waals surface area contributed by atoms with E-state index < -0.39 is 5.67 Å². The van der Waals surface area contributed by atoms with Gasteiger partial charge in [0.1, 0.15) is 5.67 Å². The molecule has 0 nitrogen and oxygen atoms in total. The zero-order chi connectivity index (χ0) is 24.3. The van der Waals surface area contributed by atoms with E-state index in [1.54, 1.807) is 6.92 Å². The van der Waals surface area contributed by atoms with Crippen molar-refractivity contribution in [1.82, 2.24) is 0 Å². The van der Waals surface area contributed by atoms with Crippen LogP contribution in [0.2, 0.25) is 0 Å². The maximum atomic E-state index is 15.1. The summed E-state index contributed by atoms with van der Waals surface area (Å²) >= 11 is 0. The molecule has 0 aliphatic heterocycles. The largest absolute Gasteiger partial charge is 0.244 e. The van der Waals surface area contributed by atoms with Crippen LogP contribution in [0.25, 0.3) is 0 Å². The Hall–Kier alpha value is -1.63. The number of hydrogen-bond acceptors (Lipinski definition) is 0. The highest BCUT2D eigenvalue weighted by Gasteiger charge is 2.29. The van der Waals surface area contributed by atoms with Gasteiger partial charge in [0.2, 0.25) is 0 Å². The molecular weight excluding hydrogens is 391 g/mol. The molecule has 0 aromatic carbocycles. The van der Waals surface area contributed by atoms with Gasteiger partial charge in [-0.05, 0) is 95.3 Å². The van der Waals surface area contributed by atoms with Crippen LogP contribution in [0.15, 0.2) is 70.4 Å². The predicted molar refractivity (Wildman–Crippen MR) is 143 cm³/mol. The number of alkyl halides is 1. The quantitative estimate of drug-likeness (QED) is 0.234. The lowest BCUT2D eigenvalue weighted by Gasteiger charge is -2.31. The van der Waals surface area contributed by atoms with E-state index in [-0.39, 0.29) is 5.92 Å². The molecule has 0 fully saturated rings. The second kappa shape index (κ2) is 13.8. The molecule has 0 saturated heterocycles. The van der Waals surface area contributed by atoms with Gasteiger partial charge in [-0.1, -0.05) is 81.2 Å². The fraction of sp³-hybridized carbons (Fsp3) is 0.613. The van der Waals surface area contributed by atoms with Gasteiger partial charge in [-0.25, -0.2) is 4.39 Å². The van der Waals surface area contributed by atoms with Crippen molar-refractivity contribution in [2.24, 2.45) is 11.8 Å². The molecule has 0 aromatic rings. The standard InChI is InChI=1S/C31H49F/c1-10-13-16-27(30(23(4)5)25(7)15-12-3)22-26(8)29-19-21-31(9,32)20-18-24(6)28(29)17-14-11-2/h10,14,16-17,22-23,29H,1,11-13,15,18-21H2,2-9H3/b17-14-,26-22+,27-16+,28-24-,30-25+. The SMILES string of the molecule is C=CC/C=C(\C=C(/C)C1CCC(C)(F)CC/C(C)=C1/C=C\CC)C(=C(\C)CCC)/C(C)C. The van der Waals surface area contributed by atoms with Crippen molar-refractivity contribution in [3.8, 4) is 0 Å². The molecule has 0 bridgehead atoms. The summed E-state index contributed by atoms with van der Waals surface area (Å²) in [6.07, 6.45) is 18.4. The minimum atomic E-state index is -1.08. The molecule has 32 heavy (non-hydrogen) atoms. The fourth-order valence-electron chi connectivity index (χ4n) is 4.98. The van der Waals surface area contributed by atoms with Crippen LogP contribution < -0.4 is 0 Å². The van der Waals surface area contributed by atoms with Gasteiger partial charge in [0, 0.05) is 5.92 Å². The van der Waals surface area contributed by atoms with E-state index in [1.165, 1.54) is 33.4 Å². The van der Waals surface area contributed by atoms with Crippen molar-refractivity contribution < 1.29 is 4.39 Å². The molecular formula is C31H49F. The number of allylic oxidation sites excluding steroid dienone is 11. The van der Waals surface area contributed by atoms with E-state index in [9.17, 15) is 0 Å². The molecule has 1 aliphatic carbocycles. The summed E-state index contributed by atoms with van der Waals surface area (Å²) in [6, 6.07) is 0. The van der Waals surface area contributed by atoms with Gasteiger partial charge in [0.05, 0.1) is 0 Å². The minimum Gasteiger partial charge on any atom is -0.244 e. The van der Waals surface area contributed by atoms with Crippen molar-refractivity contribution in [3.05, 3.63) is 70.4 Å². The van der Waals surface area contributed by atoms with Crippen LogP contribution in [-0.4, -0.2) is 5.67 Å². The van der Waals surface area contributed by atoms with Crippen LogP contribution >= 0.6 is 0 Å². The van der Waals surface area contributed by atoms with E-state index in [0.29, 0.717) is 18.8 Å². The number of halogens is 1. The van der Waals surface area contributed by atoms with Gasteiger partial charge < -0.3 is 0 Å². The number of hydrogen-bond donors (Lipinski definition) is 0. The first-order valence-electron chi connectivity index (χ1n) is 12.8. The molecule has 0 spiro atoms. The topological polar surface area (TPSA) is 0 Å². The van der Waals surface area contributed by atoms with Crippen LogP contribution in [0, 0.1) is 11.8 Å². The molecule has 2 unspecified atom stereocenters. The Bertz CT molecular complexity index is 764. The number of rotatable bonds is 10. The first-order chi connectivity index (χ1) is 15.1. The smallest absolute Gasteiger partial charge is 0.108 e. The summed E-state index contributed by atoms with van der Waals surface area (Å²) in [4.78, 5) is 0. The molecule has 0 N–H and O–H groups in total. The monoisotopic (exact) mass is 440 g/mol. The van der Waals surface area contributed by atoms with Crippen LogP contribution in [0.4, 0.5) is 4.39 Å². The lowest BCUT2D eigenvalue weighted by Crippen LogP contribution is -2.23. The van der Waals surface area contributed by atoms with Crippen molar-refractivity contribution in [2.75, 3.05) is 0 Å². The van der Waals surface area contributed by atoms with Gasteiger partial charge in [0.25, 0.3) is 0 Å². The summed E-state index contributed by atoms with van der Waals surface area (Å²) < 4.78 is 15.1. The van der Waals surface area contributed by atoms with Crippen LogP contribution in [-0.2, 0) is 0 Å². The predicted octanol–water partition coefficient (Wildman–Crippen LogP) is 10.4. The van der Waals surface area contributed by atoms with Crippen LogP contribution in [0.1, 0.15) is 107 Å². The van der Waals surface area contributed by atoms with Crippen LogP contribution in [0.5, 0.6) is 0 Å². The van der Waals surface area contributed by atoms with E-state index in [1.807, 2.05) is 6.08 Å². The Morgan fingerprint density at radius 1 is 1.22 bits per heavy atom. The highest BCUT2D eigenvalue weighted by molar-refractivity contribution is 5.47. The van der Waals surface area contributed by atoms with Crippen molar-refractivity contribution in [3.63, 3.8) is 0 Å². The van der Waals surface area contributed by atoms with Crippen molar-refractivity contribution in [2.45, 2.75) is 112 Å². The molecule has 0 saturated carbocycles. The summed E-state index contributed by atoms with van der Waals surface area (Å²) in [5, 5.41) is 0. The normalized spacial score (nSPS) is 26.9. The average molecular weight is 441 g/mol. The maximum absolute atomic E-state index is 15.1. The van der Waals surface area contributed by atoms with Crippen LogP contribution in [0.3, 0.4) is 0 Å². The second-order valence-electron chi connectivity index (χ2n) is 10.2. The van der Waals surface area contributed by atoms with Gasteiger partial charge in [-0.15, -0.1) is 6.58 Å². The molecule has 2 atom stereocenters. The Morgan fingerprint density at radius 2 is 1.91 bits per heavy atom. The Labute approximate surface area is 199 Å². The zero-order valence-electron chi connectivity index (χ0n) is 22.3. The fourth-order valence-corrected chi connectivity index (χ4v) is 4.98. The molecule has 0 amide bonds. The summed E-state index contributed by atoms with van der Waals surface area (Å²) in [5.74, 6) is 0.727. The molecule has 180 valence electrons. The molecule has 1 heteroatoms. The van der Waals surface area contributed by atoms with Gasteiger partial charge in [-0.2, -0.15) is 0 Å². The van der Waals surface area contributed by atoms with E-state index in [4.69, 9.17) is 0 Å². The second-order valence-corrected chi connectivity index (χ2v) is 10.2. The van der Waals surface area contributed by atoms with Crippen molar-refractivity contribution in [1.29, 1.82) is 0 Å². The van der Waals surface area contributed by atoms with E-state index in [2.05, 4.69) is 79.3 Å². The zero-order valence-corrected chi connectivity index (χ0v) is 22.3. The lowest BCUT2D eigenvalue weighted by molar-refractivity contribution is 0.150. The van der Waals surface area contributed by atoms with Gasteiger partial charge in [-0.3, -0.25) is 0 Å². The molecule has 1 aliphatic rings. The Balaban J connectivity index is 3.59.